The van der Waals surface area contributed by atoms with E-state index in [1.807, 2.05) is 25.1 Å². The molecule has 0 aliphatic heterocycles. The number of aryl methyl sites for hydroxylation is 1. The van der Waals surface area contributed by atoms with Gasteiger partial charge in [0.1, 0.15) is 5.82 Å². The van der Waals surface area contributed by atoms with Crippen LogP contribution in [0.2, 0.25) is 0 Å². The van der Waals surface area contributed by atoms with E-state index in [0.29, 0.717) is 6.42 Å². The van der Waals surface area contributed by atoms with Gasteiger partial charge in [0.05, 0.1) is 5.38 Å². The Morgan fingerprint density at radius 1 is 1.12 bits per heavy atom. The molecular formula is C15H14ClF. The summed E-state index contributed by atoms with van der Waals surface area (Å²) < 4.78 is 12.8. The lowest BCUT2D eigenvalue weighted by Gasteiger charge is -2.10. The number of hydrogen-bond donors (Lipinski definition) is 0. The van der Waals surface area contributed by atoms with Crippen molar-refractivity contribution in [1.29, 1.82) is 0 Å². The number of alkyl halides is 1. The van der Waals surface area contributed by atoms with Crippen molar-refractivity contribution in [3.8, 4) is 0 Å². The maximum Gasteiger partial charge on any atom is 0.123 e. The molecule has 0 heterocycles. The summed E-state index contributed by atoms with van der Waals surface area (Å²) in [4.78, 5) is 0. The molecular weight excluding hydrogens is 235 g/mol. The first-order valence-corrected chi connectivity index (χ1v) is 6.04. The van der Waals surface area contributed by atoms with Crippen LogP contribution in [0.15, 0.2) is 48.5 Å². The zero-order valence-electron chi connectivity index (χ0n) is 9.66. The molecule has 0 aromatic heterocycles. The van der Waals surface area contributed by atoms with Gasteiger partial charge in [0.25, 0.3) is 0 Å². The van der Waals surface area contributed by atoms with Crippen LogP contribution in [0.25, 0.3) is 0 Å². The van der Waals surface area contributed by atoms with Gasteiger partial charge in [-0.25, -0.2) is 4.39 Å². The van der Waals surface area contributed by atoms with Gasteiger partial charge in [-0.1, -0.05) is 42.0 Å². The van der Waals surface area contributed by atoms with Gasteiger partial charge in [0.15, 0.2) is 0 Å². The zero-order chi connectivity index (χ0) is 12.3. The summed E-state index contributed by atoms with van der Waals surface area (Å²) in [5, 5.41) is -0.0691. The van der Waals surface area contributed by atoms with Crippen molar-refractivity contribution in [2.75, 3.05) is 0 Å². The summed E-state index contributed by atoms with van der Waals surface area (Å²) in [6.45, 7) is 2.05. The Kier molecular flexibility index (Phi) is 3.80. The van der Waals surface area contributed by atoms with Gasteiger partial charge in [-0.2, -0.15) is 0 Å². The number of rotatable bonds is 3. The summed E-state index contributed by atoms with van der Waals surface area (Å²) >= 11 is 6.36. The summed E-state index contributed by atoms with van der Waals surface area (Å²) in [6, 6.07) is 14.6. The van der Waals surface area contributed by atoms with Crippen LogP contribution in [-0.4, -0.2) is 0 Å². The molecule has 0 fully saturated rings. The third kappa shape index (κ3) is 3.31. The van der Waals surface area contributed by atoms with E-state index in [-0.39, 0.29) is 11.2 Å². The number of benzene rings is 2. The van der Waals surface area contributed by atoms with Crippen molar-refractivity contribution < 1.29 is 4.39 Å². The summed E-state index contributed by atoms with van der Waals surface area (Å²) in [5.41, 5.74) is 3.36. The fraction of sp³-hybridized carbons (Fsp3) is 0.200. The molecule has 0 amide bonds. The second kappa shape index (κ2) is 5.33. The number of hydrogen-bond acceptors (Lipinski definition) is 0. The minimum atomic E-state index is -0.213. The van der Waals surface area contributed by atoms with Crippen molar-refractivity contribution in [3.05, 3.63) is 71.0 Å². The van der Waals surface area contributed by atoms with Gasteiger partial charge < -0.3 is 0 Å². The SMILES string of the molecule is Cc1cccc(C(Cl)Cc2ccc(F)cc2)c1. The van der Waals surface area contributed by atoms with E-state index in [1.165, 1.54) is 17.7 Å². The molecule has 0 aliphatic rings. The highest BCUT2D eigenvalue weighted by atomic mass is 35.5. The fourth-order valence-electron chi connectivity index (χ4n) is 1.81. The average molecular weight is 249 g/mol. The van der Waals surface area contributed by atoms with Gasteiger partial charge in [0, 0.05) is 0 Å². The highest BCUT2D eigenvalue weighted by Crippen LogP contribution is 2.25. The van der Waals surface area contributed by atoms with Gasteiger partial charge >= 0.3 is 0 Å². The molecule has 0 aliphatic carbocycles. The zero-order valence-corrected chi connectivity index (χ0v) is 10.4. The lowest BCUT2D eigenvalue weighted by atomic mass is 10.0. The molecule has 0 N–H and O–H groups in total. The maximum absolute atomic E-state index is 12.8. The Morgan fingerprint density at radius 3 is 2.47 bits per heavy atom. The smallest absolute Gasteiger partial charge is 0.123 e. The van der Waals surface area contributed by atoms with Gasteiger partial charge in [-0.3, -0.25) is 0 Å². The molecule has 0 saturated heterocycles. The maximum atomic E-state index is 12.8. The van der Waals surface area contributed by atoms with Crippen LogP contribution in [0.4, 0.5) is 4.39 Å². The van der Waals surface area contributed by atoms with E-state index in [1.54, 1.807) is 12.1 Å². The largest absolute Gasteiger partial charge is 0.207 e. The summed E-state index contributed by atoms with van der Waals surface area (Å²) in [5.74, 6) is -0.213. The third-order valence-corrected chi connectivity index (χ3v) is 3.14. The number of halogens is 2. The molecule has 0 spiro atoms. The molecule has 2 heteroatoms. The van der Waals surface area contributed by atoms with Gasteiger partial charge in [-0.15, -0.1) is 11.6 Å². The predicted molar refractivity (Wildman–Crippen MR) is 69.9 cm³/mol. The monoisotopic (exact) mass is 248 g/mol. The lowest BCUT2D eigenvalue weighted by Crippen LogP contribution is -1.96. The fourth-order valence-corrected chi connectivity index (χ4v) is 2.12. The van der Waals surface area contributed by atoms with Crippen LogP contribution >= 0.6 is 11.6 Å². The quantitative estimate of drug-likeness (QED) is 0.694. The van der Waals surface area contributed by atoms with Gasteiger partial charge in [-0.05, 0) is 36.6 Å². The van der Waals surface area contributed by atoms with E-state index < -0.39 is 0 Å². The summed E-state index contributed by atoms with van der Waals surface area (Å²) in [7, 11) is 0. The van der Waals surface area contributed by atoms with E-state index in [2.05, 4.69) is 6.07 Å². The van der Waals surface area contributed by atoms with Crippen molar-refractivity contribution >= 4 is 11.6 Å². The molecule has 17 heavy (non-hydrogen) atoms. The Labute approximate surface area is 106 Å². The minimum absolute atomic E-state index is 0.0691. The minimum Gasteiger partial charge on any atom is -0.207 e. The molecule has 2 aromatic rings. The van der Waals surface area contributed by atoms with Crippen LogP contribution in [0, 0.1) is 12.7 Å². The summed E-state index contributed by atoms with van der Waals surface area (Å²) in [6.07, 6.45) is 0.714. The lowest BCUT2D eigenvalue weighted by molar-refractivity contribution is 0.627. The topological polar surface area (TPSA) is 0 Å². The Bertz CT molecular complexity index is 491. The third-order valence-electron chi connectivity index (χ3n) is 2.73. The first-order chi connectivity index (χ1) is 8.15. The van der Waals surface area contributed by atoms with Crippen LogP contribution < -0.4 is 0 Å². The van der Waals surface area contributed by atoms with Gasteiger partial charge in [0.2, 0.25) is 0 Å². The molecule has 0 nitrogen and oxygen atoms in total. The van der Waals surface area contributed by atoms with Crippen molar-refractivity contribution in [2.24, 2.45) is 0 Å². The van der Waals surface area contributed by atoms with E-state index in [9.17, 15) is 4.39 Å². The second-order valence-electron chi connectivity index (χ2n) is 4.21. The highest BCUT2D eigenvalue weighted by molar-refractivity contribution is 6.20. The molecule has 0 radical (unpaired) electrons. The predicted octanol–water partition coefficient (Wildman–Crippen LogP) is 4.66. The van der Waals surface area contributed by atoms with E-state index in [4.69, 9.17) is 11.6 Å². The molecule has 1 unspecified atom stereocenters. The molecule has 0 bridgehead atoms. The average Bonchev–Trinajstić information content (AvgIpc) is 2.32. The first-order valence-electron chi connectivity index (χ1n) is 5.60. The molecule has 88 valence electrons. The standard InChI is InChI=1S/C15H14ClF/c1-11-3-2-4-13(9-11)15(16)10-12-5-7-14(17)8-6-12/h2-9,15H,10H2,1H3. The Balaban J connectivity index is 2.11. The van der Waals surface area contributed by atoms with Crippen LogP contribution in [-0.2, 0) is 6.42 Å². The van der Waals surface area contributed by atoms with E-state index in [0.717, 1.165) is 11.1 Å². The van der Waals surface area contributed by atoms with Crippen molar-refractivity contribution in [3.63, 3.8) is 0 Å². The molecule has 2 rings (SSSR count). The highest BCUT2D eigenvalue weighted by Gasteiger charge is 2.08. The van der Waals surface area contributed by atoms with E-state index >= 15 is 0 Å². The Hall–Kier alpha value is -1.34. The molecule has 0 saturated carbocycles. The van der Waals surface area contributed by atoms with Crippen molar-refractivity contribution in [2.45, 2.75) is 18.7 Å². The van der Waals surface area contributed by atoms with Crippen LogP contribution in [0.3, 0.4) is 0 Å². The first kappa shape index (κ1) is 12.1. The van der Waals surface area contributed by atoms with Crippen LogP contribution in [0.5, 0.6) is 0 Å². The normalized spacial score (nSPS) is 12.4. The molecule has 2 aromatic carbocycles. The van der Waals surface area contributed by atoms with Crippen LogP contribution in [0.1, 0.15) is 22.1 Å². The molecule has 1 atom stereocenters. The second-order valence-corrected chi connectivity index (χ2v) is 4.74. The van der Waals surface area contributed by atoms with Crippen molar-refractivity contribution in [1.82, 2.24) is 0 Å². The Morgan fingerprint density at radius 2 is 1.82 bits per heavy atom.